The number of carbonyl (C=O) groups excluding carboxylic acids is 1. The minimum Gasteiger partial charge on any atom is -0.466 e. The number of ether oxygens (including phenoxy) is 1. The van der Waals surface area contributed by atoms with Crippen LogP contribution in [0.15, 0.2) is 12.2 Å². The summed E-state index contributed by atoms with van der Waals surface area (Å²) in [5.74, 6) is -0.375. The Hall–Kier alpha value is -0.830. The highest BCUT2D eigenvalue weighted by Gasteiger charge is 2.20. The fraction of sp³-hybridized carbons (Fsp3) is 0.667. The number of hydrogen-bond donors (Lipinski definition) is 1. The third kappa shape index (κ3) is 3.53. The molecule has 0 heterocycles. The van der Waals surface area contributed by atoms with Crippen LogP contribution in [0.3, 0.4) is 0 Å². The number of methoxy groups -OCH3 is 1. The van der Waals surface area contributed by atoms with Gasteiger partial charge in [0.2, 0.25) is 0 Å². The lowest BCUT2D eigenvalue weighted by atomic mass is 9.92. The molecular weight excluding hydrogens is 154 g/mol. The molecule has 0 aromatic heterocycles. The quantitative estimate of drug-likeness (QED) is 0.511. The Balaban J connectivity index is 4.09. The predicted molar refractivity (Wildman–Crippen MR) is 48.7 cm³/mol. The van der Waals surface area contributed by atoms with E-state index in [0.29, 0.717) is 12.0 Å². The zero-order valence-corrected chi connectivity index (χ0v) is 8.02. The van der Waals surface area contributed by atoms with Gasteiger partial charge in [-0.15, -0.1) is 0 Å². The molecule has 0 saturated heterocycles. The average molecular weight is 171 g/mol. The molecular formula is C9H17NO2. The lowest BCUT2D eigenvalue weighted by molar-refractivity contribution is -0.136. The van der Waals surface area contributed by atoms with E-state index < -0.39 is 0 Å². The fourth-order valence-electron chi connectivity index (χ4n) is 0.829. The Morgan fingerprint density at radius 3 is 2.50 bits per heavy atom. The lowest BCUT2D eigenvalue weighted by Crippen LogP contribution is -2.36. The summed E-state index contributed by atoms with van der Waals surface area (Å²) in [6.45, 7) is 7.47. The molecule has 0 spiro atoms. The van der Waals surface area contributed by atoms with E-state index in [9.17, 15) is 4.79 Å². The molecule has 0 fully saturated rings. The summed E-state index contributed by atoms with van der Waals surface area (Å²) < 4.78 is 4.51. The molecule has 0 amide bonds. The predicted octanol–water partition coefficient (Wildman–Crippen LogP) is 1.23. The summed E-state index contributed by atoms with van der Waals surface area (Å²) >= 11 is 0. The minimum atomic E-state index is -0.375. The van der Waals surface area contributed by atoms with E-state index in [1.54, 1.807) is 0 Å². The van der Waals surface area contributed by atoms with Crippen LogP contribution in [-0.2, 0) is 9.53 Å². The van der Waals surface area contributed by atoms with Crippen LogP contribution in [0.1, 0.15) is 26.7 Å². The molecule has 12 heavy (non-hydrogen) atoms. The smallest absolute Gasteiger partial charge is 0.333 e. The maximum atomic E-state index is 10.9. The van der Waals surface area contributed by atoms with E-state index in [1.165, 1.54) is 7.11 Å². The average Bonchev–Trinajstić information content (AvgIpc) is 2.02. The first-order chi connectivity index (χ1) is 5.43. The van der Waals surface area contributed by atoms with Crippen molar-refractivity contribution in [3.8, 4) is 0 Å². The lowest BCUT2D eigenvalue weighted by Gasteiger charge is -2.22. The van der Waals surface area contributed by atoms with Crippen molar-refractivity contribution >= 4 is 5.97 Å². The zero-order chi connectivity index (χ0) is 9.78. The van der Waals surface area contributed by atoms with Crippen molar-refractivity contribution in [2.75, 3.05) is 7.11 Å². The van der Waals surface area contributed by atoms with Gasteiger partial charge in [-0.3, -0.25) is 0 Å². The van der Waals surface area contributed by atoms with Crippen LogP contribution in [-0.4, -0.2) is 18.6 Å². The maximum Gasteiger partial charge on any atom is 0.333 e. The second kappa shape index (κ2) is 4.26. The number of carbonyl (C=O) groups is 1. The van der Waals surface area contributed by atoms with Crippen molar-refractivity contribution in [2.45, 2.75) is 32.2 Å². The summed E-state index contributed by atoms with van der Waals surface area (Å²) in [7, 11) is 1.34. The highest BCUT2D eigenvalue weighted by Crippen LogP contribution is 2.16. The minimum absolute atomic E-state index is 0.356. The van der Waals surface area contributed by atoms with Gasteiger partial charge >= 0.3 is 5.97 Å². The van der Waals surface area contributed by atoms with Crippen molar-refractivity contribution in [2.24, 2.45) is 5.73 Å². The molecule has 0 aromatic rings. The zero-order valence-electron chi connectivity index (χ0n) is 8.02. The van der Waals surface area contributed by atoms with Crippen LogP contribution in [0.5, 0.6) is 0 Å². The Morgan fingerprint density at radius 1 is 1.67 bits per heavy atom. The standard InChI is InChI=1S/C9H17NO2/c1-5-9(3,10)6-7(2)8(11)12-4/h2,5-6,10H2,1,3-4H3. The van der Waals surface area contributed by atoms with E-state index in [-0.39, 0.29) is 11.5 Å². The number of hydrogen-bond acceptors (Lipinski definition) is 3. The van der Waals surface area contributed by atoms with Gasteiger partial charge in [0.1, 0.15) is 0 Å². The van der Waals surface area contributed by atoms with Gasteiger partial charge in [-0.05, 0) is 19.8 Å². The van der Waals surface area contributed by atoms with Crippen LogP contribution < -0.4 is 5.73 Å². The van der Waals surface area contributed by atoms with Crippen LogP contribution in [0.25, 0.3) is 0 Å². The molecule has 1 unspecified atom stereocenters. The summed E-state index contributed by atoms with van der Waals surface area (Å²) in [6.07, 6.45) is 1.29. The van der Waals surface area contributed by atoms with E-state index in [2.05, 4.69) is 11.3 Å². The summed E-state index contributed by atoms with van der Waals surface area (Å²) in [4.78, 5) is 10.9. The molecule has 0 aliphatic heterocycles. The summed E-state index contributed by atoms with van der Waals surface area (Å²) in [5, 5.41) is 0. The summed E-state index contributed by atoms with van der Waals surface area (Å²) in [5.41, 5.74) is 5.92. The van der Waals surface area contributed by atoms with Gasteiger partial charge in [-0.1, -0.05) is 13.5 Å². The van der Waals surface area contributed by atoms with E-state index >= 15 is 0 Å². The maximum absolute atomic E-state index is 10.9. The molecule has 0 radical (unpaired) electrons. The second-order valence-corrected chi connectivity index (χ2v) is 3.28. The van der Waals surface area contributed by atoms with E-state index in [1.807, 2.05) is 13.8 Å². The highest BCUT2D eigenvalue weighted by atomic mass is 16.5. The van der Waals surface area contributed by atoms with Crippen LogP contribution in [0.4, 0.5) is 0 Å². The first-order valence-electron chi connectivity index (χ1n) is 3.98. The van der Waals surface area contributed by atoms with Gasteiger partial charge in [0.15, 0.2) is 0 Å². The third-order valence-corrected chi connectivity index (χ3v) is 1.90. The molecule has 0 aromatic carbocycles. The van der Waals surface area contributed by atoms with E-state index in [4.69, 9.17) is 5.73 Å². The molecule has 0 bridgehead atoms. The molecule has 0 rings (SSSR count). The monoisotopic (exact) mass is 171 g/mol. The second-order valence-electron chi connectivity index (χ2n) is 3.28. The van der Waals surface area contributed by atoms with Gasteiger partial charge in [0, 0.05) is 11.1 Å². The van der Waals surface area contributed by atoms with E-state index in [0.717, 1.165) is 6.42 Å². The Labute approximate surface area is 73.6 Å². The van der Waals surface area contributed by atoms with Crippen molar-refractivity contribution in [3.05, 3.63) is 12.2 Å². The topological polar surface area (TPSA) is 52.3 Å². The third-order valence-electron chi connectivity index (χ3n) is 1.90. The SMILES string of the molecule is C=C(CC(C)(N)CC)C(=O)OC. The molecule has 0 aliphatic carbocycles. The number of esters is 1. The fourth-order valence-corrected chi connectivity index (χ4v) is 0.829. The first-order valence-corrected chi connectivity index (χ1v) is 3.98. The molecule has 1 atom stereocenters. The molecule has 70 valence electrons. The van der Waals surface area contributed by atoms with Crippen LogP contribution in [0.2, 0.25) is 0 Å². The van der Waals surface area contributed by atoms with Gasteiger partial charge in [-0.2, -0.15) is 0 Å². The van der Waals surface area contributed by atoms with Gasteiger partial charge in [0.05, 0.1) is 7.11 Å². The molecule has 3 heteroatoms. The molecule has 3 nitrogen and oxygen atoms in total. The Bertz CT molecular complexity index is 185. The van der Waals surface area contributed by atoms with Crippen molar-refractivity contribution in [1.82, 2.24) is 0 Å². The summed E-state index contributed by atoms with van der Waals surface area (Å²) in [6, 6.07) is 0. The largest absolute Gasteiger partial charge is 0.466 e. The van der Waals surface area contributed by atoms with Gasteiger partial charge < -0.3 is 10.5 Å². The van der Waals surface area contributed by atoms with Crippen molar-refractivity contribution in [1.29, 1.82) is 0 Å². The Kier molecular flexibility index (Phi) is 3.96. The number of rotatable bonds is 4. The first kappa shape index (κ1) is 11.2. The van der Waals surface area contributed by atoms with Crippen LogP contribution in [0, 0.1) is 0 Å². The van der Waals surface area contributed by atoms with Crippen molar-refractivity contribution < 1.29 is 9.53 Å². The normalized spacial score (nSPS) is 15.0. The van der Waals surface area contributed by atoms with Gasteiger partial charge in [0.25, 0.3) is 0 Å². The molecule has 0 saturated carbocycles. The highest BCUT2D eigenvalue weighted by molar-refractivity contribution is 5.87. The van der Waals surface area contributed by atoms with Crippen molar-refractivity contribution in [3.63, 3.8) is 0 Å². The van der Waals surface area contributed by atoms with Crippen LogP contribution >= 0.6 is 0 Å². The Morgan fingerprint density at radius 2 is 2.17 bits per heavy atom. The van der Waals surface area contributed by atoms with Gasteiger partial charge in [-0.25, -0.2) is 4.79 Å². The molecule has 0 aliphatic rings. The number of nitrogens with two attached hydrogens (primary N) is 1. The molecule has 2 N–H and O–H groups in total.